The molecule has 0 aromatic rings. The summed E-state index contributed by atoms with van der Waals surface area (Å²) >= 11 is 0. The first-order valence-corrected chi connectivity index (χ1v) is 5.88. The van der Waals surface area contributed by atoms with Gasteiger partial charge in [0.2, 0.25) is 5.91 Å². The number of carbonyl (C=O) groups excluding carboxylic acids is 1. The highest BCUT2D eigenvalue weighted by Crippen LogP contribution is 2.19. The molecular weight excluding hydrogens is 228 g/mol. The Bertz CT molecular complexity index is 232. The monoisotopic (exact) mass is 248 g/mol. The Morgan fingerprint density at radius 3 is 2.69 bits per heavy atom. The van der Waals surface area contributed by atoms with Gasteiger partial charge in [0.1, 0.15) is 0 Å². The third kappa shape index (κ3) is 3.09. The summed E-state index contributed by atoms with van der Waals surface area (Å²) in [5.41, 5.74) is 0. The minimum absolute atomic E-state index is 0. The lowest BCUT2D eigenvalue weighted by atomic mass is 9.97. The van der Waals surface area contributed by atoms with E-state index in [-0.39, 0.29) is 18.3 Å². The maximum absolute atomic E-state index is 12.2. The normalized spacial score (nSPS) is 27.3. The van der Waals surface area contributed by atoms with Crippen LogP contribution in [0.1, 0.15) is 19.8 Å². The molecule has 1 N–H and O–H groups in total. The van der Waals surface area contributed by atoms with Crippen molar-refractivity contribution in [3.63, 3.8) is 0 Å². The maximum Gasteiger partial charge on any atom is 0.226 e. The highest BCUT2D eigenvalue weighted by atomic mass is 35.5. The number of hydrogen-bond acceptors (Lipinski definition) is 3. The van der Waals surface area contributed by atoms with Gasteiger partial charge in [-0.3, -0.25) is 4.79 Å². The van der Waals surface area contributed by atoms with Gasteiger partial charge in [-0.05, 0) is 19.8 Å². The molecule has 0 saturated carbocycles. The fraction of sp³-hybridized carbons (Fsp3) is 0.909. The summed E-state index contributed by atoms with van der Waals surface area (Å²) in [5, 5.41) is 3.30. The van der Waals surface area contributed by atoms with Crippen LogP contribution in [0.15, 0.2) is 0 Å². The van der Waals surface area contributed by atoms with E-state index in [2.05, 4.69) is 12.2 Å². The summed E-state index contributed by atoms with van der Waals surface area (Å²) in [6.07, 6.45) is 1.80. The molecule has 2 heterocycles. The molecule has 16 heavy (non-hydrogen) atoms. The number of ether oxygens (including phenoxy) is 1. The smallest absolute Gasteiger partial charge is 0.226 e. The van der Waals surface area contributed by atoms with Crippen molar-refractivity contribution < 1.29 is 9.53 Å². The summed E-state index contributed by atoms with van der Waals surface area (Å²) in [7, 11) is 0. The van der Waals surface area contributed by atoms with Crippen molar-refractivity contribution in [2.45, 2.75) is 25.8 Å². The first-order chi connectivity index (χ1) is 7.29. The van der Waals surface area contributed by atoms with Gasteiger partial charge >= 0.3 is 0 Å². The largest absolute Gasteiger partial charge is 0.381 e. The molecule has 94 valence electrons. The molecule has 2 rings (SSSR count). The number of nitrogens with zero attached hydrogens (tertiary/aromatic N) is 1. The van der Waals surface area contributed by atoms with E-state index < -0.39 is 0 Å². The average molecular weight is 249 g/mol. The van der Waals surface area contributed by atoms with Crippen LogP contribution in [0.25, 0.3) is 0 Å². The molecule has 0 unspecified atom stereocenters. The molecule has 0 bridgehead atoms. The second kappa shape index (κ2) is 6.42. The van der Waals surface area contributed by atoms with Gasteiger partial charge in [-0.1, -0.05) is 0 Å². The molecule has 0 radical (unpaired) electrons. The van der Waals surface area contributed by atoms with E-state index in [0.29, 0.717) is 11.9 Å². The fourth-order valence-electron chi connectivity index (χ4n) is 2.35. The molecule has 1 atom stereocenters. The SMILES string of the molecule is C[C@@H]1CNCCN1C(=O)C1CCOCC1.Cl. The lowest BCUT2D eigenvalue weighted by molar-refractivity contribution is -0.141. The number of nitrogens with one attached hydrogen (secondary N) is 1. The Morgan fingerprint density at radius 1 is 1.38 bits per heavy atom. The predicted octanol–water partition coefficient (Wildman–Crippen LogP) is 0.655. The number of hydrogen-bond donors (Lipinski definition) is 1. The van der Waals surface area contributed by atoms with Crippen molar-refractivity contribution in [2.24, 2.45) is 5.92 Å². The van der Waals surface area contributed by atoms with E-state index in [1.807, 2.05) is 4.90 Å². The molecule has 2 fully saturated rings. The van der Waals surface area contributed by atoms with E-state index in [4.69, 9.17) is 4.74 Å². The van der Waals surface area contributed by atoms with Crippen LogP contribution in [0, 0.1) is 5.92 Å². The van der Waals surface area contributed by atoms with E-state index in [9.17, 15) is 4.79 Å². The van der Waals surface area contributed by atoms with E-state index in [1.165, 1.54) is 0 Å². The molecule has 1 amide bonds. The molecule has 0 aliphatic carbocycles. The van der Waals surface area contributed by atoms with Gasteiger partial charge in [0.25, 0.3) is 0 Å². The number of piperazine rings is 1. The lowest BCUT2D eigenvalue weighted by Crippen LogP contribution is -2.54. The summed E-state index contributed by atoms with van der Waals surface area (Å²) in [6, 6.07) is 0.342. The van der Waals surface area contributed by atoms with Gasteiger partial charge in [0.15, 0.2) is 0 Å². The molecule has 0 spiro atoms. The number of amides is 1. The van der Waals surface area contributed by atoms with Crippen molar-refractivity contribution in [3.05, 3.63) is 0 Å². The minimum Gasteiger partial charge on any atom is -0.381 e. The van der Waals surface area contributed by atoms with Crippen LogP contribution >= 0.6 is 12.4 Å². The molecule has 5 heteroatoms. The van der Waals surface area contributed by atoms with Gasteiger partial charge < -0.3 is 15.0 Å². The second-order valence-corrected chi connectivity index (χ2v) is 4.47. The molecule has 2 aliphatic heterocycles. The highest BCUT2D eigenvalue weighted by Gasteiger charge is 2.30. The molecule has 2 aliphatic rings. The fourth-order valence-corrected chi connectivity index (χ4v) is 2.35. The molecular formula is C11H21ClN2O2. The number of halogens is 1. The van der Waals surface area contributed by atoms with Crippen molar-refractivity contribution >= 4 is 18.3 Å². The van der Waals surface area contributed by atoms with Crippen LogP contribution in [0.5, 0.6) is 0 Å². The third-order valence-corrected chi connectivity index (χ3v) is 3.35. The van der Waals surface area contributed by atoms with Crippen LogP contribution in [-0.2, 0) is 9.53 Å². The van der Waals surface area contributed by atoms with E-state index in [0.717, 1.165) is 45.7 Å². The second-order valence-electron chi connectivity index (χ2n) is 4.47. The van der Waals surface area contributed by atoms with Crippen LogP contribution in [-0.4, -0.2) is 49.7 Å². The zero-order valence-corrected chi connectivity index (χ0v) is 10.6. The van der Waals surface area contributed by atoms with Crippen LogP contribution in [0.3, 0.4) is 0 Å². The van der Waals surface area contributed by atoms with E-state index in [1.54, 1.807) is 0 Å². The molecule has 0 aromatic carbocycles. The first-order valence-electron chi connectivity index (χ1n) is 5.88. The van der Waals surface area contributed by atoms with Crippen LogP contribution < -0.4 is 5.32 Å². The molecule has 4 nitrogen and oxygen atoms in total. The maximum atomic E-state index is 12.2. The highest BCUT2D eigenvalue weighted by molar-refractivity contribution is 5.85. The van der Waals surface area contributed by atoms with Gasteiger partial charge in [-0.15, -0.1) is 12.4 Å². The first kappa shape index (κ1) is 13.7. The van der Waals surface area contributed by atoms with Crippen LogP contribution in [0.4, 0.5) is 0 Å². The van der Waals surface area contributed by atoms with Gasteiger partial charge in [0.05, 0.1) is 0 Å². The Balaban J connectivity index is 0.00000128. The topological polar surface area (TPSA) is 41.6 Å². The quantitative estimate of drug-likeness (QED) is 0.741. The summed E-state index contributed by atoms with van der Waals surface area (Å²) in [5.74, 6) is 0.548. The average Bonchev–Trinajstić information content (AvgIpc) is 2.30. The number of carbonyl (C=O) groups is 1. The van der Waals surface area contributed by atoms with Crippen molar-refractivity contribution in [1.82, 2.24) is 10.2 Å². The summed E-state index contributed by atoms with van der Waals surface area (Å²) in [4.78, 5) is 14.2. The third-order valence-electron chi connectivity index (χ3n) is 3.35. The van der Waals surface area contributed by atoms with Gasteiger partial charge in [-0.2, -0.15) is 0 Å². The predicted molar refractivity (Wildman–Crippen MR) is 64.8 cm³/mol. The van der Waals surface area contributed by atoms with Crippen molar-refractivity contribution in [2.75, 3.05) is 32.8 Å². The van der Waals surface area contributed by atoms with Gasteiger partial charge in [-0.25, -0.2) is 0 Å². The zero-order valence-electron chi connectivity index (χ0n) is 9.78. The van der Waals surface area contributed by atoms with Crippen molar-refractivity contribution in [3.8, 4) is 0 Å². The van der Waals surface area contributed by atoms with Crippen molar-refractivity contribution in [1.29, 1.82) is 0 Å². The minimum atomic E-state index is 0. The Morgan fingerprint density at radius 2 is 2.06 bits per heavy atom. The van der Waals surface area contributed by atoms with E-state index >= 15 is 0 Å². The standard InChI is InChI=1S/C11H20N2O2.ClH/c1-9-8-12-4-5-13(9)11(14)10-2-6-15-7-3-10;/h9-10,12H,2-8H2,1H3;1H/t9-;/m1./s1. The summed E-state index contributed by atoms with van der Waals surface area (Å²) in [6.45, 7) is 6.32. The molecule has 0 aromatic heterocycles. The van der Waals surface area contributed by atoms with Crippen LogP contribution in [0.2, 0.25) is 0 Å². The summed E-state index contributed by atoms with van der Waals surface area (Å²) < 4.78 is 5.28. The Hall–Kier alpha value is -0.320. The number of rotatable bonds is 1. The zero-order chi connectivity index (χ0) is 10.7. The van der Waals surface area contributed by atoms with Gasteiger partial charge in [0, 0.05) is 44.8 Å². The lowest BCUT2D eigenvalue weighted by Gasteiger charge is -2.37. The Kier molecular flexibility index (Phi) is 5.52. The Labute approximate surface area is 103 Å². The molecule has 2 saturated heterocycles.